The first-order valence-corrected chi connectivity index (χ1v) is 10.1. The van der Waals surface area contributed by atoms with E-state index in [2.05, 4.69) is 35.8 Å². The first-order chi connectivity index (χ1) is 12.0. The second-order valence-corrected chi connectivity index (χ2v) is 7.82. The average molecular weight is 363 g/mol. The van der Waals surface area contributed by atoms with Gasteiger partial charge in [0, 0.05) is 50.3 Å². The third kappa shape index (κ3) is 5.66. The molecule has 0 aliphatic carbocycles. The Bertz CT molecular complexity index is 586. The molecule has 1 aliphatic heterocycles. The van der Waals surface area contributed by atoms with E-state index in [-0.39, 0.29) is 5.91 Å². The highest BCUT2D eigenvalue weighted by atomic mass is 32.2. The van der Waals surface area contributed by atoms with Crippen molar-refractivity contribution in [1.82, 2.24) is 15.1 Å². The molecule has 25 heavy (non-hydrogen) atoms. The fraction of sp³-hybridized carbons (Fsp3) is 0.579. The van der Waals surface area contributed by atoms with Crippen molar-refractivity contribution < 1.29 is 4.79 Å². The van der Waals surface area contributed by atoms with Crippen LogP contribution in [0.15, 0.2) is 29.3 Å². The summed E-state index contributed by atoms with van der Waals surface area (Å²) in [4.78, 5) is 20.7. The summed E-state index contributed by atoms with van der Waals surface area (Å²) in [6.07, 6.45) is 1.20. The smallest absolute Gasteiger partial charge is 0.253 e. The van der Waals surface area contributed by atoms with E-state index in [1.54, 1.807) is 19.0 Å². The summed E-state index contributed by atoms with van der Waals surface area (Å²) in [5.41, 5.74) is 1.83. The lowest BCUT2D eigenvalue weighted by Gasteiger charge is -2.34. The minimum atomic E-state index is 0.0276. The van der Waals surface area contributed by atoms with Gasteiger partial charge in [0.2, 0.25) is 0 Å². The molecule has 1 fully saturated rings. The summed E-state index contributed by atoms with van der Waals surface area (Å²) in [6.45, 7) is 7.95. The topological polar surface area (TPSA) is 47.9 Å². The Kier molecular flexibility index (Phi) is 7.62. The predicted molar refractivity (Wildman–Crippen MR) is 107 cm³/mol. The zero-order valence-electron chi connectivity index (χ0n) is 15.8. The standard InChI is InChI=1S/C19H30N4OS/c1-5-17-14-23(11-12-25-17)19(20-6-2)21-13-15-7-9-16(10-8-15)18(24)22(3)4/h7-10,17H,5-6,11-14H2,1-4H3,(H,20,21). The number of hydrogen-bond acceptors (Lipinski definition) is 3. The van der Waals surface area contributed by atoms with Crippen LogP contribution in [0.1, 0.15) is 36.2 Å². The number of nitrogens with zero attached hydrogens (tertiary/aromatic N) is 3. The normalized spacial score (nSPS) is 18.2. The summed E-state index contributed by atoms with van der Waals surface area (Å²) in [5, 5.41) is 4.11. The van der Waals surface area contributed by atoms with Crippen molar-refractivity contribution in [3.8, 4) is 0 Å². The van der Waals surface area contributed by atoms with Crippen molar-refractivity contribution in [2.75, 3.05) is 39.5 Å². The van der Waals surface area contributed by atoms with Gasteiger partial charge in [-0.15, -0.1) is 0 Å². The third-order valence-corrected chi connectivity index (χ3v) is 5.62. The number of nitrogens with one attached hydrogen (secondary N) is 1. The summed E-state index contributed by atoms with van der Waals surface area (Å²) < 4.78 is 0. The summed E-state index contributed by atoms with van der Waals surface area (Å²) in [7, 11) is 3.54. The minimum Gasteiger partial charge on any atom is -0.357 e. The van der Waals surface area contributed by atoms with Crippen LogP contribution in [0.3, 0.4) is 0 Å². The van der Waals surface area contributed by atoms with Crippen LogP contribution in [0.25, 0.3) is 0 Å². The summed E-state index contributed by atoms with van der Waals surface area (Å²) in [6, 6.07) is 7.74. The fourth-order valence-corrected chi connectivity index (χ4v) is 3.94. The Morgan fingerprint density at radius 1 is 1.32 bits per heavy atom. The fourth-order valence-electron chi connectivity index (χ4n) is 2.76. The van der Waals surface area contributed by atoms with E-state index < -0.39 is 0 Å². The lowest BCUT2D eigenvalue weighted by molar-refractivity contribution is 0.0827. The van der Waals surface area contributed by atoms with Gasteiger partial charge >= 0.3 is 0 Å². The van der Waals surface area contributed by atoms with E-state index in [1.165, 1.54) is 6.42 Å². The van der Waals surface area contributed by atoms with Gasteiger partial charge in [-0.2, -0.15) is 11.8 Å². The molecule has 1 N–H and O–H groups in total. The maximum Gasteiger partial charge on any atom is 0.253 e. The molecule has 5 nitrogen and oxygen atoms in total. The van der Waals surface area contributed by atoms with Crippen LogP contribution in [0, 0.1) is 0 Å². The first kappa shape index (κ1) is 19.6. The Morgan fingerprint density at radius 3 is 2.64 bits per heavy atom. The van der Waals surface area contributed by atoms with E-state index >= 15 is 0 Å². The Balaban J connectivity index is 2.04. The molecule has 1 unspecified atom stereocenters. The Morgan fingerprint density at radius 2 is 2.04 bits per heavy atom. The van der Waals surface area contributed by atoms with Crippen LogP contribution in [0.4, 0.5) is 0 Å². The average Bonchev–Trinajstić information content (AvgIpc) is 2.65. The van der Waals surface area contributed by atoms with Crippen molar-refractivity contribution in [1.29, 1.82) is 0 Å². The molecule has 1 atom stereocenters. The monoisotopic (exact) mass is 362 g/mol. The van der Waals surface area contributed by atoms with Crippen LogP contribution >= 0.6 is 11.8 Å². The molecule has 1 amide bonds. The lowest BCUT2D eigenvalue weighted by Crippen LogP contribution is -2.48. The van der Waals surface area contributed by atoms with Crippen LogP contribution in [0.5, 0.6) is 0 Å². The number of rotatable bonds is 5. The van der Waals surface area contributed by atoms with Crippen LogP contribution in [0.2, 0.25) is 0 Å². The van der Waals surface area contributed by atoms with Gasteiger partial charge in [-0.1, -0.05) is 19.1 Å². The maximum absolute atomic E-state index is 12.0. The number of carbonyl (C=O) groups is 1. The molecule has 1 saturated heterocycles. The number of guanidine groups is 1. The van der Waals surface area contributed by atoms with E-state index in [0.717, 1.165) is 36.9 Å². The van der Waals surface area contributed by atoms with Gasteiger partial charge in [-0.3, -0.25) is 4.79 Å². The minimum absolute atomic E-state index is 0.0276. The molecule has 1 aromatic carbocycles. The SMILES string of the molecule is CCNC(=NCc1ccc(C(=O)N(C)C)cc1)N1CCSC(CC)C1. The number of carbonyl (C=O) groups excluding carboxylic acids is 1. The predicted octanol–water partition coefficient (Wildman–Crippen LogP) is 2.68. The molecule has 2 rings (SSSR count). The van der Waals surface area contributed by atoms with Gasteiger partial charge in [-0.25, -0.2) is 4.99 Å². The molecule has 138 valence electrons. The molecular weight excluding hydrogens is 332 g/mol. The second-order valence-electron chi connectivity index (χ2n) is 6.41. The summed E-state index contributed by atoms with van der Waals surface area (Å²) >= 11 is 2.06. The highest BCUT2D eigenvalue weighted by molar-refractivity contribution is 8.00. The van der Waals surface area contributed by atoms with E-state index in [1.807, 2.05) is 24.3 Å². The molecule has 1 aliphatic rings. The lowest BCUT2D eigenvalue weighted by atomic mass is 10.1. The van der Waals surface area contributed by atoms with E-state index in [9.17, 15) is 4.79 Å². The van der Waals surface area contributed by atoms with Crippen molar-refractivity contribution in [3.05, 3.63) is 35.4 Å². The molecule has 1 heterocycles. The zero-order valence-corrected chi connectivity index (χ0v) is 16.6. The maximum atomic E-state index is 12.0. The second kappa shape index (κ2) is 9.70. The Hall–Kier alpha value is -1.69. The van der Waals surface area contributed by atoms with E-state index in [0.29, 0.717) is 17.4 Å². The number of aliphatic imine (C=N–C) groups is 1. The first-order valence-electron chi connectivity index (χ1n) is 9.00. The molecule has 0 saturated carbocycles. The molecule has 0 spiro atoms. The largest absolute Gasteiger partial charge is 0.357 e. The van der Waals surface area contributed by atoms with Crippen LogP contribution in [-0.4, -0.2) is 66.4 Å². The van der Waals surface area contributed by atoms with Gasteiger partial charge < -0.3 is 15.1 Å². The quantitative estimate of drug-likeness (QED) is 0.646. The number of hydrogen-bond donors (Lipinski definition) is 1. The molecule has 0 radical (unpaired) electrons. The number of thioether (sulfide) groups is 1. The number of amides is 1. The highest BCUT2D eigenvalue weighted by Crippen LogP contribution is 2.21. The zero-order chi connectivity index (χ0) is 18.2. The molecular formula is C19H30N4OS. The van der Waals surface area contributed by atoms with Crippen molar-refractivity contribution in [2.45, 2.75) is 32.1 Å². The van der Waals surface area contributed by atoms with Crippen LogP contribution < -0.4 is 5.32 Å². The van der Waals surface area contributed by atoms with Gasteiger partial charge in [-0.05, 0) is 31.0 Å². The van der Waals surface area contributed by atoms with Crippen LogP contribution in [-0.2, 0) is 6.54 Å². The van der Waals surface area contributed by atoms with Gasteiger partial charge in [0.1, 0.15) is 0 Å². The van der Waals surface area contributed by atoms with Gasteiger partial charge in [0.15, 0.2) is 5.96 Å². The Labute approximate surface area is 155 Å². The van der Waals surface area contributed by atoms with Crippen molar-refractivity contribution >= 4 is 23.6 Å². The van der Waals surface area contributed by atoms with Crippen molar-refractivity contribution in [3.63, 3.8) is 0 Å². The number of benzene rings is 1. The molecule has 1 aromatic rings. The van der Waals surface area contributed by atoms with E-state index in [4.69, 9.17) is 4.99 Å². The molecule has 6 heteroatoms. The van der Waals surface area contributed by atoms with Gasteiger partial charge in [0.05, 0.1) is 6.54 Å². The molecule has 0 aromatic heterocycles. The summed E-state index contributed by atoms with van der Waals surface area (Å²) in [5.74, 6) is 2.18. The van der Waals surface area contributed by atoms with Gasteiger partial charge in [0.25, 0.3) is 5.91 Å². The third-order valence-electron chi connectivity index (χ3n) is 4.25. The van der Waals surface area contributed by atoms with Crippen molar-refractivity contribution in [2.24, 2.45) is 4.99 Å². The molecule has 0 bridgehead atoms. The highest BCUT2D eigenvalue weighted by Gasteiger charge is 2.21.